The van der Waals surface area contributed by atoms with E-state index in [9.17, 15) is 9.59 Å². The fourth-order valence-corrected chi connectivity index (χ4v) is 5.30. The van der Waals surface area contributed by atoms with Crippen LogP contribution in [0.2, 0.25) is 10.0 Å². The number of amides is 1. The molecular weight excluding hydrogens is 559 g/mol. The van der Waals surface area contributed by atoms with Crippen molar-refractivity contribution in [2.24, 2.45) is 0 Å². The molecule has 3 rings (SSSR count). The minimum atomic E-state index is -1.09. The van der Waals surface area contributed by atoms with Crippen LogP contribution in [0.1, 0.15) is 74.0 Å². The number of carboxylic acid groups (broad SMARTS) is 1. The van der Waals surface area contributed by atoms with Crippen molar-refractivity contribution >= 4 is 57.6 Å². The van der Waals surface area contributed by atoms with Crippen LogP contribution in [0.25, 0.3) is 17.3 Å². The summed E-state index contributed by atoms with van der Waals surface area (Å²) >= 11 is 13.9. The minimum absolute atomic E-state index is 0.0686. The van der Waals surface area contributed by atoms with Crippen molar-refractivity contribution in [3.63, 3.8) is 0 Å². The summed E-state index contributed by atoms with van der Waals surface area (Å²) in [7, 11) is 1.63. The Kier molecular flexibility index (Phi) is 11.4. The van der Waals surface area contributed by atoms with Crippen molar-refractivity contribution in [2.45, 2.75) is 52.6 Å². The van der Waals surface area contributed by atoms with Crippen LogP contribution >= 0.6 is 34.5 Å². The number of hydrogen-bond acceptors (Lipinski definition) is 6. The van der Waals surface area contributed by atoms with Gasteiger partial charge in [0.15, 0.2) is 5.13 Å². The zero-order chi connectivity index (χ0) is 28.5. The molecule has 0 radical (unpaired) electrons. The fourth-order valence-electron chi connectivity index (χ4n) is 4.00. The number of anilines is 1. The number of carbonyl (C=O) groups excluding carboxylic acids is 1. The van der Waals surface area contributed by atoms with Crippen molar-refractivity contribution < 1.29 is 24.2 Å². The number of aliphatic carboxylic acids is 1. The molecule has 2 N–H and O–H groups in total. The molecule has 1 atom stereocenters. The smallest absolute Gasteiger partial charge is 0.331 e. The zero-order valence-corrected chi connectivity index (χ0v) is 24.7. The molecular formula is C29H32Cl2N2O5S. The largest absolute Gasteiger partial charge is 0.496 e. The molecule has 39 heavy (non-hydrogen) atoms. The van der Waals surface area contributed by atoms with Gasteiger partial charge in [0.2, 0.25) is 0 Å². The molecule has 0 unspecified atom stereocenters. The first-order valence-electron chi connectivity index (χ1n) is 12.7. The molecule has 0 saturated heterocycles. The highest BCUT2D eigenvalue weighted by Gasteiger charge is 2.21. The minimum Gasteiger partial charge on any atom is -0.496 e. The van der Waals surface area contributed by atoms with Crippen LogP contribution in [0.4, 0.5) is 5.13 Å². The van der Waals surface area contributed by atoms with E-state index in [1.54, 1.807) is 7.11 Å². The van der Waals surface area contributed by atoms with Crippen LogP contribution in [0.5, 0.6) is 5.75 Å². The highest BCUT2D eigenvalue weighted by Crippen LogP contribution is 2.39. The third-order valence-electron chi connectivity index (χ3n) is 6.07. The molecule has 1 aromatic heterocycles. The average Bonchev–Trinajstić information content (AvgIpc) is 3.38. The molecule has 0 spiro atoms. The van der Waals surface area contributed by atoms with E-state index >= 15 is 0 Å². The van der Waals surface area contributed by atoms with Gasteiger partial charge in [-0.2, -0.15) is 0 Å². The average molecular weight is 592 g/mol. The summed E-state index contributed by atoms with van der Waals surface area (Å²) < 4.78 is 12.0. The maximum atomic E-state index is 12.9. The Morgan fingerprint density at radius 1 is 1.18 bits per heavy atom. The number of methoxy groups -OCH3 is 1. The summed E-state index contributed by atoms with van der Waals surface area (Å²) in [5, 5.41) is 14.5. The van der Waals surface area contributed by atoms with Crippen LogP contribution in [-0.2, 0) is 9.53 Å². The number of rotatable bonds is 13. The van der Waals surface area contributed by atoms with Gasteiger partial charge in [0.05, 0.1) is 29.0 Å². The predicted molar refractivity (Wildman–Crippen MR) is 158 cm³/mol. The van der Waals surface area contributed by atoms with Crippen molar-refractivity contribution in [3.8, 4) is 17.0 Å². The second kappa shape index (κ2) is 14.5. The maximum absolute atomic E-state index is 12.9. The molecule has 1 amide bonds. The Balaban J connectivity index is 1.82. The number of carbonyl (C=O) groups is 2. The van der Waals surface area contributed by atoms with Gasteiger partial charge in [-0.3, -0.25) is 10.1 Å². The second-order valence-electron chi connectivity index (χ2n) is 8.88. The fraction of sp³-hybridized carbons (Fsp3) is 0.345. The molecule has 0 aliphatic rings. The number of carboxylic acids is 1. The number of benzene rings is 2. The number of thiazole rings is 1. The first-order chi connectivity index (χ1) is 18.7. The molecule has 208 valence electrons. The van der Waals surface area contributed by atoms with Crippen LogP contribution in [0, 0.1) is 0 Å². The molecule has 0 aliphatic carbocycles. The summed E-state index contributed by atoms with van der Waals surface area (Å²) in [5.41, 5.74) is 3.05. The highest BCUT2D eigenvalue weighted by atomic mass is 35.5. The summed E-state index contributed by atoms with van der Waals surface area (Å²) in [5.74, 6) is -0.838. The number of hydrogen-bond donors (Lipinski definition) is 2. The van der Waals surface area contributed by atoms with Crippen LogP contribution in [-0.4, -0.2) is 35.7 Å². The van der Waals surface area contributed by atoms with Gasteiger partial charge >= 0.3 is 5.97 Å². The van der Waals surface area contributed by atoms with Crippen LogP contribution < -0.4 is 10.1 Å². The molecule has 10 heteroatoms. The van der Waals surface area contributed by atoms with E-state index in [0.29, 0.717) is 28.7 Å². The molecule has 0 bridgehead atoms. The Labute approximate surface area is 242 Å². The highest BCUT2D eigenvalue weighted by molar-refractivity contribution is 7.14. The quantitative estimate of drug-likeness (QED) is 0.153. The molecule has 7 nitrogen and oxygen atoms in total. The Hall–Kier alpha value is -2.91. The summed E-state index contributed by atoms with van der Waals surface area (Å²) in [6, 6.07) is 8.77. The van der Waals surface area contributed by atoms with Gasteiger partial charge in [0, 0.05) is 39.8 Å². The van der Waals surface area contributed by atoms with Crippen LogP contribution in [0.3, 0.4) is 0 Å². The first kappa shape index (κ1) is 30.6. The standard InChI is InChI=1S/C29H32Cl2N2O5S/c1-5-7-8-12-38-25(6-2)20-11-9-10-19(26(20)37-4)24-16-39-29(32-24)33-27(34)18-14-22(30)21(23(31)15-18)13-17(3)28(35)36/h9-11,13-16,25H,5-8,12H2,1-4H3,(H,35,36)(H,32,33,34)/t25-/m0/s1. The third-order valence-corrected chi connectivity index (χ3v) is 7.46. The lowest BCUT2D eigenvalue weighted by atomic mass is 10.0. The van der Waals surface area contributed by atoms with E-state index in [1.807, 2.05) is 23.6 Å². The van der Waals surface area contributed by atoms with E-state index in [0.717, 1.165) is 36.8 Å². The van der Waals surface area contributed by atoms with Crippen molar-refractivity contribution in [3.05, 3.63) is 68.0 Å². The first-order valence-corrected chi connectivity index (χ1v) is 14.3. The SMILES string of the molecule is CCCCCO[C@@H](CC)c1cccc(-c2csc(NC(=O)c3cc(Cl)c(C=C(C)C(=O)O)c(Cl)c3)n2)c1OC. The van der Waals surface area contributed by atoms with Gasteiger partial charge in [-0.1, -0.05) is 62.0 Å². The lowest BCUT2D eigenvalue weighted by molar-refractivity contribution is -0.132. The number of nitrogens with zero attached hydrogens (tertiary/aromatic N) is 1. The summed E-state index contributed by atoms with van der Waals surface area (Å²) in [6.45, 7) is 6.37. The van der Waals surface area contributed by atoms with Crippen LogP contribution in [0.15, 0.2) is 41.3 Å². The van der Waals surface area contributed by atoms with Gasteiger partial charge in [-0.25, -0.2) is 9.78 Å². The van der Waals surface area contributed by atoms with Gasteiger partial charge < -0.3 is 14.6 Å². The van der Waals surface area contributed by atoms with E-state index in [-0.39, 0.29) is 27.3 Å². The van der Waals surface area contributed by atoms with Crippen molar-refractivity contribution in [1.82, 2.24) is 4.98 Å². The Morgan fingerprint density at radius 3 is 2.51 bits per heavy atom. The molecule has 2 aromatic carbocycles. The number of para-hydroxylation sites is 1. The zero-order valence-electron chi connectivity index (χ0n) is 22.3. The van der Waals surface area contributed by atoms with E-state index in [4.69, 9.17) is 37.8 Å². The van der Waals surface area contributed by atoms with Gasteiger partial charge in [0.25, 0.3) is 5.91 Å². The number of ether oxygens (including phenoxy) is 2. The van der Waals surface area contributed by atoms with Crippen molar-refractivity contribution in [1.29, 1.82) is 0 Å². The molecule has 1 heterocycles. The maximum Gasteiger partial charge on any atom is 0.331 e. The van der Waals surface area contributed by atoms with Gasteiger partial charge in [-0.05, 0) is 44.0 Å². The molecule has 3 aromatic rings. The lowest BCUT2D eigenvalue weighted by Crippen LogP contribution is -2.12. The second-order valence-corrected chi connectivity index (χ2v) is 10.6. The van der Waals surface area contributed by atoms with Gasteiger partial charge in [0.1, 0.15) is 5.75 Å². The summed E-state index contributed by atoms with van der Waals surface area (Å²) in [4.78, 5) is 28.7. The van der Waals surface area contributed by atoms with E-state index < -0.39 is 11.9 Å². The Morgan fingerprint density at radius 2 is 1.90 bits per heavy atom. The molecule has 0 saturated carbocycles. The topological polar surface area (TPSA) is 97.8 Å². The predicted octanol–water partition coefficient (Wildman–Crippen LogP) is 8.52. The molecule has 0 fully saturated rings. The number of halogens is 2. The van der Waals surface area contributed by atoms with E-state index in [2.05, 4.69) is 24.1 Å². The van der Waals surface area contributed by atoms with E-state index in [1.165, 1.54) is 36.5 Å². The normalized spacial score (nSPS) is 12.3. The third kappa shape index (κ3) is 7.82. The Bertz CT molecular complexity index is 1330. The lowest BCUT2D eigenvalue weighted by Gasteiger charge is -2.21. The monoisotopic (exact) mass is 590 g/mol. The molecule has 0 aliphatic heterocycles. The number of unbranched alkanes of at least 4 members (excludes halogenated alkanes) is 2. The summed E-state index contributed by atoms with van der Waals surface area (Å²) in [6.07, 6.45) is 5.35. The number of aromatic nitrogens is 1. The van der Waals surface area contributed by atoms with Crippen molar-refractivity contribution in [2.75, 3.05) is 19.0 Å². The van der Waals surface area contributed by atoms with Gasteiger partial charge in [-0.15, -0.1) is 11.3 Å². The number of nitrogens with one attached hydrogen (secondary N) is 1.